The first-order valence-corrected chi connectivity index (χ1v) is 4.67. The standard InChI is InChI=1S/C11H11NO4/c1-15-7-5-3-2-4-6(7)10-8(13)9(14)11(12)16-10/h2-5,10,14H,12H2,1H3. The Hall–Kier alpha value is -2.17. The highest BCUT2D eigenvalue weighted by Gasteiger charge is 2.36. The van der Waals surface area contributed by atoms with Crippen molar-refractivity contribution in [1.82, 2.24) is 0 Å². The van der Waals surface area contributed by atoms with Crippen LogP contribution in [0.4, 0.5) is 0 Å². The molecule has 1 aromatic rings. The Bertz CT molecular complexity index is 467. The number of hydrogen-bond donors (Lipinski definition) is 2. The van der Waals surface area contributed by atoms with Crippen LogP contribution in [0.2, 0.25) is 0 Å². The summed E-state index contributed by atoms with van der Waals surface area (Å²) in [6, 6.07) is 6.92. The Labute approximate surface area is 92.1 Å². The van der Waals surface area contributed by atoms with Gasteiger partial charge >= 0.3 is 0 Å². The molecule has 0 aliphatic carbocycles. The van der Waals surface area contributed by atoms with Gasteiger partial charge in [0.1, 0.15) is 5.75 Å². The summed E-state index contributed by atoms with van der Waals surface area (Å²) in [7, 11) is 1.49. The van der Waals surface area contributed by atoms with E-state index in [9.17, 15) is 9.90 Å². The molecule has 5 heteroatoms. The second-order valence-electron chi connectivity index (χ2n) is 3.32. The highest BCUT2D eigenvalue weighted by Crippen LogP contribution is 2.34. The summed E-state index contributed by atoms with van der Waals surface area (Å²) in [6.45, 7) is 0. The van der Waals surface area contributed by atoms with E-state index >= 15 is 0 Å². The summed E-state index contributed by atoms with van der Waals surface area (Å²) in [5.74, 6) is -0.817. The molecule has 0 saturated carbocycles. The smallest absolute Gasteiger partial charge is 0.247 e. The minimum atomic E-state index is -0.920. The maximum Gasteiger partial charge on any atom is 0.247 e. The molecule has 0 spiro atoms. The molecular weight excluding hydrogens is 210 g/mol. The molecule has 16 heavy (non-hydrogen) atoms. The first-order chi connectivity index (χ1) is 7.65. The van der Waals surface area contributed by atoms with Crippen molar-refractivity contribution in [3.05, 3.63) is 41.5 Å². The topological polar surface area (TPSA) is 81.8 Å². The SMILES string of the molecule is COc1ccccc1C1OC(N)=C(O)C1=O. The van der Waals surface area contributed by atoms with E-state index in [-0.39, 0.29) is 5.88 Å². The van der Waals surface area contributed by atoms with Crippen LogP contribution in [-0.2, 0) is 9.53 Å². The predicted octanol–water partition coefficient (Wildman–Crippen LogP) is 1.02. The van der Waals surface area contributed by atoms with E-state index in [4.69, 9.17) is 15.2 Å². The van der Waals surface area contributed by atoms with E-state index < -0.39 is 17.6 Å². The number of hydrogen-bond acceptors (Lipinski definition) is 5. The van der Waals surface area contributed by atoms with Crippen molar-refractivity contribution in [2.24, 2.45) is 5.73 Å². The molecule has 0 aromatic heterocycles. The number of ketones is 1. The maximum absolute atomic E-state index is 11.6. The van der Waals surface area contributed by atoms with Crippen LogP contribution in [0.1, 0.15) is 11.7 Å². The van der Waals surface area contributed by atoms with Gasteiger partial charge < -0.3 is 20.3 Å². The minimum absolute atomic E-state index is 0.249. The third kappa shape index (κ3) is 1.46. The Kier molecular flexibility index (Phi) is 2.44. The van der Waals surface area contributed by atoms with E-state index in [1.54, 1.807) is 24.3 Å². The van der Waals surface area contributed by atoms with Crippen LogP contribution in [0.3, 0.4) is 0 Å². The number of rotatable bonds is 2. The highest BCUT2D eigenvalue weighted by atomic mass is 16.5. The average Bonchev–Trinajstić information content (AvgIpc) is 2.57. The lowest BCUT2D eigenvalue weighted by Gasteiger charge is -2.13. The number of nitrogens with two attached hydrogens (primary N) is 1. The summed E-state index contributed by atoms with van der Waals surface area (Å²) in [6.07, 6.45) is -0.920. The van der Waals surface area contributed by atoms with E-state index in [1.165, 1.54) is 7.11 Å². The van der Waals surface area contributed by atoms with Crippen LogP contribution in [0.5, 0.6) is 5.75 Å². The number of Topliss-reactive ketones (excluding diaryl/α,β-unsaturated/α-hetero) is 1. The molecular formula is C11H11NO4. The van der Waals surface area contributed by atoms with Crippen LogP contribution in [0.25, 0.3) is 0 Å². The number of methoxy groups -OCH3 is 1. The van der Waals surface area contributed by atoms with Gasteiger partial charge in [0.2, 0.25) is 17.4 Å². The normalized spacial score (nSPS) is 19.8. The third-order valence-electron chi connectivity index (χ3n) is 2.37. The number of ether oxygens (including phenoxy) is 2. The van der Waals surface area contributed by atoms with E-state index in [2.05, 4.69) is 0 Å². The van der Waals surface area contributed by atoms with Gasteiger partial charge in [0, 0.05) is 5.56 Å². The van der Waals surface area contributed by atoms with Crippen molar-refractivity contribution in [2.75, 3.05) is 7.11 Å². The lowest BCUT2D eigenvalue weighted by atomic mass is 10.0. The van der Waals surface area contributed by atoms with E-state index in [1.807, 2.05) is 0 Å². The molecule has 1 heterocycles. The highest BCUT2D eigenvalue weighted by molar-refractivity contribution is 5.99. The molecule has 0 bridgehead atoms. The van der Waals surface area contributed by atoms with Gasteiger partial charge in [0.25, 0.3) is 0 Å². The van der Waals surface area contributed by atoms with Crippen LogP contribution in [0, 0.1) is 0 Å². The zero-order valence-electron chi connectivity index (χ0n) is 8.64. The summed E-state index contributed by atoms with van der Waals surface area (Å²) in [4.78, 5) is 11.6. The fourth-order valence-electron chi connectivity index (χ4n) is 1.57. The molecule has 5 nitrogen and oxygen atoms in total. The molecule has 0 radical (unpaired) electrons. The van der Waals surface area contributed by atoms with Crippen molar-refractivity contribution in [2.45, 2.75) is 6.10 Å². The number of para-hydroxylation sites is 1. The van der Waals surface area contributed by atoms with Gasteiger partial charge in [-0.15, -0.1) is 0 Å². The molecule has 1 unspecified atom stereocenters. The quantitative estimate of drug-likeness (QED) is 0.779. The number of carbonyl (C=O) groups is 1. The first kappa shape index (κ1) is 10.4. The first-order valence-electron chi connectivity index (χ1n) is 4.67. The lowest BCUT2D eigenvalue weighted by molar-refractivity contribution is -0.123. The summed E-state index contributed by atoms with van der Waals surface area (Å²) in [5, 5.41) is 9.30. The average molecular weight is 221 g/mol. The fourth-order valence-corrected chi connectivity index (χ4v) is 1.57. The molecule has 1 aliphatic rings. The zero-order valence-corrected chi connectivity index (χ0v) is 8.64. The molecule has 84 valence electrons. The van der Waals surface area contributed by atoms with Crippen LogP contribution < -0.4 is 10.5 Å². The summed E-state index contributed by atoms with van der Waals surface area (Å²) in [5.41, 5.74) is 5.88. The van der Waals surface area contributed by atoms with E-state index in [0.717, 1.165) is 0 Å². The van der Waals surface area contributed by atoms with Crippen LogP contribution in [0.15, 0.2) is 35.9 Å². The second kappa shape index (κ2) is 3.77. The molecule has 1 aromatic carbocycles. The van der Waals surface area contributed by atoms with Crippen molar-refractivity contribution in [1.29, 1.82) is 0 Å². The summed E-state index contributed by atoms with van der Waals surface area (Å²) < 4.78 is 10.2. The van der Waals surface area contributed by atoms with E-state index in [0.29, 0.717) is 11.3 Å². The Balaban J connectivity index is 2.38. The summed E-state index contributed by atoms with van der Waals surface area (Å²) >= 11 is 0. The lowest BCUT2D eigenvalue weighted by Crippen LogP contribution is -2.11. The molecule has 0 amide bonds. The van der Waals surface area contributed by atoms with Gasteiger partial charge in [-0.25, -0.2) is 0 Å². The van der Waals surface area contributed by atoms with Crippen LogP contribution in [-0.4, -0.2) is 18.0 Å². The van der Waals surface area contributed by atoms with Crippen molar-refractivity contribution in [3.63, 3.8) is 0 Å². The molecule has 1 atom stereocenters. The number of aliphatic hydroxyl groups excluding tert-OH is 1. The largest absolute Gasteiger partial charge is 0.501 e. The molecule has 0 fully saturated rings. The van der Waals surface area contributed by atoms with Gasteiger partial charge in [-0.2, -0.15) is 0 Å². The van der Waals surface area contributed by atoms with Gasteiger partial charge in [-0.05, 0) is 6.07 Å². The second-order valence-corrected chi connectivity index (χ2v) is 3.32. The number of carbonyl (C=O) groups excluding carboxylic acids is 1. The Morgan fingerprint density at radius 2 is 2.12 bits per heavy atom. The molecule has 2 rings (SSSR count). The monoisotopic (exact) mass is 221 g/mol. The maximum atomic E-state index is 11.6. The van der Waals surface area contributed by atoms with Crippen LogP contribution >= 0.6 is 0 Å². The van der Waals surface area contributed by atoms with Gasteiger partial charge in [-0.1, -0.05) is 18.2 Å². The minimum Gasteiger partial charge on any atom is -0.501 e. The Morgan fingerprint density at radius 3 is 2.69 bits per heavy atom. The molecule has 1 aliphatic heterocycles. The predicted molar refractivity (Wildman–Crippen MR) is 55.7 cm³/mol. The zero-order chi connectivity index (χ0) is 11.7. The van der Waals surface area contributed by atoms with Crippen molar-refractivity contribution in [3.8, 4) is 5.75 Å². The van der Waals surface area contributed by atoms with Crippen molar-refractivity contribution >= 4 is 5.78 Å². The van der Waals surface area contributed by atoms with Gasteiger partial charge in [0.15, 0.2) is 6.10 Å². The number of benzene rings is 1. The molecule has 0 saturated heterocycles. The fraction of sp³-hybridized carbons (Fsp3) is 0.182. The van der Waals surface area contributed by atoms with Gasteiger partial charge in [-0.3, -0.25) is 4.79 Å². The van der Waals surface area contributed by atoms with Crippen molar-refractivity contribution < 1.29 is 19.4 Å². The number of aliphatic hydroxyl groups is 1. The van der Waals surface area contributed by atoms with Gasteiger partial charge in [0.05, 0.1) is 7.11 Å². The molecule has 3 N–H and O–H groups in total. The third-order valence-corrected chi connectivity index (χ3v) is 2.37. The Morgan fingerprint density at radius 1 is 1.44 bits per heavy atom.